The highest BCUT2D eigenvalue weighted by Crippen LogP contribution is 2.22. The number of para-hydroxylation sites is 2. The first-order valence-electron chi connectivity index (χ1n) is 6.84. The van der Waals surface area contributed by atoms with E-state index in [0.717, 1.165) is 11.3 Å². The number of nitrogens with zero attached hydrogens (tertiary/aromatic N) is 1. The topological polar surface area (TPSA) is 45.6 Å². The van der Waals surface area contributed by atoms with E-state index >= 15 is 0 Å². The van der Waals surface area contributed by atoms with Crippen LogP contribution < -0.4 is 15.5 Å². The standard InChI is InChI=1S/C17H16ClN3OS/c1-22-16-10-6-5-9-15(16)20-17(23)21-19-12-14(18)11-13-7-3-2-4-8-13/h2-12H,1H3,(H2,20,21,23). The highest BCUT2D eigenvalue weighted by molar-refractivity contribution is 7.80. The molecule has 2 rings (SSSR count). The molecule has 0 heterocycles. The van der Waals surface area contributed by atoms with Gasteiger partial charge in [-0.1, -0.05) is 54.1 Å². The van der Waals surface area contributed by atoms with Crippen LogP contribution in [-0.2, 0) is 0 Å². The molecule has 0 spiro atoms. The maximum Gasteiger partial charge on any atom is 0.191 e. The number of hydrogen-bond acceptors (Lipinski definition) is 3. The van der Waals surface area contributed by atoms with Gasteiger partial charge in [0, 0.05) is 0 Å². The number of nitrogens with one attached hydrogen (secondary N) is 2. The molecule has 0 atom stereocenters. The molecular weight excluding hydrogens is 330 g/mol. The van der Waals surface area contributed by atoms with E-state index in [1.165, 1.54) is 6.21 Å². The van der Waals surface area contributed by atoms with Crippen molar-refractivity contribution in [3.8, 4) is 5.75 Å². The van der Waals surface area contributed by atoms with Gasteiger partial charge in [-0.2, -0.15) is 5.10 Å². The minimum absolute atomic E-state index is 0.343. The Morgan fingerprint density at radius 2 is 1.83 bits per heavy atom. The van der Waals surface area contributed by atoms with Crippen LogP contribution in [-0.4, -0.2) is 18.4 Å². The van der Waals surface area contributed by atoms with Gasteiger partial charge in [-0.25, -0.2) is 0 Å². The van der Waals surface area contributed by atoms with E-state index in [1.807, 2.05) is 60.7 Å². The molecule has 0 fully saturated rings. The molecule has 118 valence electrons. The normalized spacial score (nSPS) is 11.3. The molecule has 0 radical (unpaired) electrons. The van der Waals surface area contributed by atoms with Gasteiger partial charge in [0.2, 0.25) is 0 Å². The summed E-state index contributed by atoms with van der Waals surface area (Å²) in [6, 6.07) is 17.2. The lowest BCUT2D eigenvalue weighted by molar-refractivity contribution is 0.417. The second-order valence-corrected chi connectivity index (χ2v) is 5.31. The number of halogens is 1. The van der Waals surface area contributed by atoms with Crippen LogP contribution in [0.1, 0.15) is 5.56 Å². The predicted octanol–water partition coefficient (Wildman–Crippen LogP) is 4.25. The summed E-state index contributed by atoms with van der Waals surface area (Å²) in [7, 11) is 1.60. The number of hydrazone groups is 1. The summed E-state index contributed by atoms with van der Waals surface area (Å²) < 4.78 is 5.24. The van der Waals surface area contributed by atoms with Crippen LogP contribution in [0.3, 0.4) is 0 Å². The Bertz CT molecular complexity index is 717. The quantitative estimate of drug-likeness (QED) is 0.483. The summed E-state index contributed by atoms with van der Waals surface area (Å²) in [4.78, 5) is 0. The smallest absolute Gasteiger partial charge is 0.191 e. The molecule has 0 amide bonds. The van der Waals surface area contributed by atoms with Crippen molar-refractivity contribution in [1.82, 2.24) is 5.43 Å². The van der Waals surface area contributed by atoms with E-state index in [2.05, 4.69) is 15.8 Å². The zero-order valence-electron chi connectivity index (χ0n) is 12.5. The van der Waals surface area contributed by atoms with Gasteiger partial charge in [0.05, 0.1) is 24.0 Å². The molecule has 2 aromatic rings. The van der Waals surface area contributed by atoms with Crippen molar-refractivity contribution in [2.45, 2.75) is 0 Å². The zero-order chi connectivity index (χ0) is 16.5. The first-order chi connectivity index (χ1) is 11.2. The third-order valence-electron chi connectivity index (χ3n) is 2.81. The molecule has 0 aromatic heterocycles. The molecule has 0 aliphatic rings. The first kappa shape index (κ1) is 17.0. The van der Waals surface area contributed by atoms with E-state index in [-0.39, 0.29) is 0 Å². The Morgan fingerprint density at radius 1 is 1.13 bits per heavy atom. The van der Waals surface area contributed by atoms with Crippen LogP contribution in [0.25, 0.3) is 6.08 Å². The largest absolute Gasteiger partial charge is 0.495 e. The van der Waals surface area contributed by atoms with Crippen molar-refractivity contribution in [2.24, 2.45) is 5.10 Å². The number of rotatable bonds is 5. The Hall–Kier alpha value is -2.37. The van der Waals surface area contributed by atoms with Crippen LogP contribution in [0, 0.1) is 0 Å². The number of ether oxygens (including phenoxy) is 1. The third-order valence-corrected chi connectivity index (χ3v) is 3.21. The van der Waals surface area contributed by atoms with E-state index in [9.17, 15) is 0 Å². The van der Waals surface area contributed by atoms with Gasteiger partial charge < -0.3 is 10.1 Å². The summed E-state index contributed by atoms with van der Waals surface area (Å²) in [5.74, 6) is 0.697. The van der Waals surface area contributed by atoms with Crippen molar-refractivity contribution in [3.63, 3.8) is 0 Å². The average molecular weight is 346 g/mol. The predicted molar refractivity (Wildman–Crippen MR) is 101 cm³/mol. The summed E-state index contributed by atoms with van der Waals surface area (Å²) >= 11 is 11.3. The van der Waals surface area contributed by atoms with Crippen LogP contribution in [0.2, 0.25) is 0 Å². The SMILES string of the molecule is COc1ccccc1NC(=S)NN=CC(Cl)=Cc1ccccc1. The van der Waals surface area contributed by atoms with Crippen molar-refractivity contribution in [3.05, 3.63) is 65.2 Å². The lowest BCUT2D eigenvalue weighted by Gasteiger charge is -2.10. The first-order valence-corrected chi connectivity index (χ1v) is 7.63. The Morgan fingerprint density at radius 3 is 2.57 bits per heavy atom. The van der Waals surface area contributed by atoms with Gasteiger partial charge in [-0.15, -0.1) is 0 Å². The van der Waals surface area contributed by atoms with Crippen LogP contribution in [0.15, 0.2) is 64.7 Å². The molecule has 0 aliphatic carbocycles. The van der Waals surface area contributed by atoms with Gasteiger partial charge in [0.1, 0.15) is 5.75 Å². The van der Waals surface area contributed by atoms with Crippen molar-refractivity contribution in [1.29, 1.82) is 0 Å². The summed E-state index contributed by atoms with van der Waals surface area (Å²) in [6.07, 6.45) is 3.30. The van der Waals surface area contributed by atoms with Crippen LogP contribution in [0.5, 0.6) is 5.75 Å². The number of methoxy groups -OCH3 is 1. The maximum absolute atomic E-state index is 6.09. The number of thiocarbonyl (C=S) groups is 1. The van der Waals surface area contributed by atoms with Gasteiger partial charge in [-0.3, -0.25) is 5.43 Å². The van der Waals surface area contributed by atoms with Gasteiger partial charge in [0.15, 0.2) is 5.11 Å². The number of anilines is 1. The molecule has 6 heteroatoms. The van der Waals surface area contributed by atoms with E-state index in [4.69, 9.17) is 28.6 Å². The molecule has 23 heavy (non-hydrogen) atoms. The van der Waals surface area contributed by atoms with Crippen LogP contribution in [0.4, 0.5) is 5.69 Å². The average Bonchev–Trinajstić information content (AvgIpc) is 2.56. The number of hydrogen-bond donors (Lipinski definition) is 2. The zero-order valence-corrected chi connectivity index (χ0v) is 14.1. The van der Waals surface area contributed by atoms with E-state index in [0.29, 0.717) is 15.9 Å². The molecule has 0 bridgehead atoms. The highest BCUT2D eigenvalue weighted by atomic mass is 35.5. The fraction of sp³-hybridized carbons (Fsp3) is 0.0588. The molecule has 0 unspecified atom stereocenters. The van der Waals surface area contributed by atoms with Crippen LogP contribution >= 0.6 is 23.8 Å². The highest BCUT2D eigenvalue weighted by Gasteiger charge is 2.02. The second-order valence-electron chi connectivity index (χ2n) is 4.46. The van der Waals surface area contributed by atoms with Crippen molar-refractivity contribution >= 4 is 46.9 Å². The Kier molecular flexibility index (Phi) is 6.59. The second kappa shape index (κ2) is 8.92. The molecule has 0 aliphatic heterocycles. The third kappa shape index (κ3) is 5.73. The fourth-order valence-electron chi connectivity index (χ4n) is 1.80. The molecular formula is C17H16ClN3OS. The summed E-state index contributed by atoms with van der Waals surface area (Å²) in [5, 5.41) is 7.84. The monoisotopic (exact) mass is 345 g/mol. The lowest BCUT2D eigenvalue weighted by atomic mass is 10.2. The molecule has 0 saturated carbocycles. The van der Waals surface area contributed by atoms with Crippen molar-refractivity contribution in [2.75, 3.05) is 12.4 Å². The number of allylic oxidation sites excluding steroid dienone is 1. The maximum atomic E-state index is 6.09. The Balaban J connectivity index is 1.90. The fourth-order valence-corrected chi connectivity index (χ4v) is 2.13. The Labute approximate surface area is 145 Å². The number of benzene rings is 2. The van der Waals surface area contributed by atoms with Crippen molar-refractivity contribution < 1.29 is 4.74 Å². The minimum atomic E-state index is 0.343. The summed E-state index contributed by atoms with van der Waals surface area (Å²) in [6.45, 7) is 0. The molecule has 0 saturated heterocycles. The lowest BCUT2D eigenvalue weighted by Crippen LogP contribution is -2.24. The molecule has 2 N–H and O–H groups in total. The van der Waals surface area contributed by atoms with E-state index in [1.54, 1.807) is 7.11 Å². The van der Waals surface area contributed by atoms with E-state index < -0.39 is 0 Å². The minimum Gasteiger partial charge on any atom is -0.495 e. The van der Waals surface area contributed by atoms with Gasteiger partial charge in [-0.05, 0) is 36.0 Å². The van der Waals surface area contributed by atoms with Gasteiger partial charge in [0.25, 0.3) is 0 Å². The molecule has 2 aromatic carbocycles. The summed E-state index contributed by atoms with van der Waals surface area (Å²) in [5.41, 5.74) is 4.46. The van der Waals surface area contributed by atoms with Gasteiger partial charge >= 0.3 is 0 Å². The molecule has 4 nitrogen and oxygen atoms in total.